The predicted molar refractivity (Wildman–Crippen MR) is 83.0 cm³/mol. The van der Waals surface area contributed by atoms with Crippen molar-refractivity contribution in [3.8, 4) is 0 Å². The van der Waals surface area contributed by atoms with Gasteiger partial charge < -0.3 is 5.73 Å². The Morgan fingerprint density at radius 2 is 1.65 bits per heavy atom. The third-order valence-electron chi connectivity index (χ3n) is 3.82. The molecule has 0 saturated carbocycles. The Balaban J connectivity index is 2.03. The number of halogens is 1. The number of aromatic nitrogens is 1. The molecule has 3 heteroatoms. The van der Waals surface area contributed by atoms with E-state index in [1.165, 1.54) is 57.6 Å². The van der Waals surface area contributed by atoms with Crippen LogP contribution in [0.4, 0.5) is 4.39 Å². The van der Waals surface area contributed by atoms with Gasteiger partial charge in [0.15, 0.2) is 0 Å². The summed E-state index contributed by atoms with van der Waals surface area (Å²) in [5.74, 6) is -0.282. The maximum Gasteiger partial charge on any atom is 0.146 e. The maximum absolute atomic E-state index is 13.5. The van der Waals surface area contributed by atoms with Crippen LogP contribution in [0.2, 0.25) is 0 Å². The van der Waals surface area contributed by atoms with Crippen molar-refractivity contribution in [2.24, 2.45) is 5.73 Å². The van der Waals surface area contributed by atoms with Crippen molar-refractivity contribution in [3.05, 3.63) is 29.8 Å². The van der Waals surface area contributed by atoms with Crippen LogP contribution in [-0.2, 0) is 0 Å². The highest BCUT2D eigenvalue weighted by Crippen LogP contribution is 2.20. The second kappa shape index (κ2) is 10.8. The lowest BCUT2D eigenvalue weighted by Crippen LogP contribution is -2.12. The van der Waals surface area contributed by atoms with Gasteiger partial charge in [-0.3, -0.25) is 4.98 Å². The van der Waals surface area contributed by atoms with Gasteiger partial charge in [-0.15, -0.1) is 0 Å². The van der Waals surface area contributed by atoms with Gasteiger partial charge in [0, 0.05) is 17.8 Å². The molecule has 20 heavy (non-hydrogen) atoms. The number of rotatable bonds is 11. The summed E-state index contributed by atoms with van der Waals surface area (Å²) in [6.07, 6.45) is 15.4. The van der Waals surface area contributed by atoms with Crippen molar-refractivity contribution in [2.75, 3.05) is 0 Å². The van der Waals surface area contributed by atoms with E-state index in [0.717, 1.165) is 12.8 Å². The highest BCUT2D eigenvalue weighted by atomic mass is 19.1. The van der Waals surface area contributed by atoms with Gasteiger partial charge in [-0.2, -0.15) is 0 Å². The average Bonchev–Trinajstić information content (AvgIpc) is 2.46. The molecule has 0 radical (unpaired) electrons. The summed E-state index contributed by atoms with van der Waals surface area (Å²) in [6, 6.07) is 1.50. The van der Waals surface area contributed by atoms with Crippen LogP contribution in [0.1, 0.15) is 82.7 Å². The quantitative estimate of drug-likeness (QED) is 0.570. The molecule has 1 rings (SSSR count). The first-order valence-corrected chi connectivity index (χ1v) is 8.10. The predicted octanol–water partition coefficient (Wildman–Crippen LogP) is 5.14. The molecule has 0 spiro atoms. The monoisotopic (exact) mass is 280 g/mol. The Labute approximate surface area is 123 Å². The number of pyridine rings is 1. The topological polar surface area (TPSA) is 38.9 Å². The van der Waals surface area contributed by atoms with Crippen LogP contribution < -0.4 is 5.73 Å². The van der Waals surface area contributed by atoms with Crippen LogP contribution in [0, 0.1) is 5.82 Å². The molecule has 0 bridgehead atoms. The van der Waals surface area contributed by atoms with Crippen molar-refractivity contribution >= 4 is 0 Å². The summed E-state index contributed by atoms with van der Waals surface area (Å²) in [5.41, 5.74) is 6.62. The number of hydrogen-bond donors (Lipinski definition) is 1. The highest BCUT2D eigenvalue weighted by Gasteiger charge is 2.10. The summed E-state index contributed by atoms with van der Waals surface area (Å²) >= 11 is 0. The molecule has 0 aliphatic heterocycles. The molecule has 1 aromatic rings. The van der Waals surface area contributed by atoms with E-state index in [9.17, 15) is 4.39 Å². The lowest BCUT2D eigenvalue weighted by Gasteiger charge is -2.12. The van der Waals surface area contributed by atoms with Crippen molar-refractivity contribution in [2.45, 2.75) is 77.2 Å². The molecule has 0 aliphatic carbocycles. The van der Waals surface area contributed by atoms with E-state index >= 15 is 0 Å². The first kappa shape index (κ1) is 17.1. The molecule has 1 atom stereocenters. The van der Waals surface area contributed by atoms with Gasteiger partial charge >= 0.3 is 0 Å². The third kappa shape index (κ3) is 6.99. The lowest BCUT2D eigenvalue weighted by atomic mass is 10.0. The van der Waals surface area contributed by atoms with Gasteiger partial charge in [-0.25, -0.2) is 4.39 Å². The van der Waals surface area contributed by atoms with Gasteiger partial charge in [0.25, 0.3) is 0 Å². The zero-order valence-electron chi connectivity index (χ0n) is 12.8. The SMILES string of the molecule is CCCCCCCCCCCC(N)c1ccncc1F. The van der Waals surface area contributed by atoms with Gasteiger partial charge in [0.2, 0.25) is 0 Å². The number of nitrogens with zero attached hydrogens (tertiary/aromatic N) is 1. The van der Waals surface area contributed by atoms with Crippen LogP contribution in [0.5, 0.6) is 0 Å². The molecule has 0 aromatic carbocycles. The second-order valence-corrected chi connectivity index (χ2v) is 5.62. The summed E-state index contributed by atoms with van der Waals surface area (Å²) < 4.78 is 13.5. The standard InChI is InChI=1S/C17H29FN2/c1-2-3-4-5-6-7-8-9-10-11-17(19)15-12-13-20-14-16(15)18/h12-14,17H,2-11,19H2,1H3. The molecular formula is C17H29FN2. The van der Waals surface area contributed by atoms with Gasteiger partial charge in [0.1, 0.15) is 5.82 Å². The van der Waals surface area contributed by atoms with E-state index in [-0.39, 0.29) is 11.9 Å². The molecule has 0 aliphatic rings. The summed E-state index contributed by atoms with van der Waals surface area (Å²) in [7, 11) is 0. The van der Waals surface area contributed by atoms with E-state index in [2.05, 4.69) is 11.9 Å². The molecule has 1 aromatic heterocycles. The molecule has 0 fully saturated rings. The fourth-order valence-electron chi connectivity index (χ4n) is 2.52. The Hall–Kier alpha value is -0.960. The average molecular weight is 280 g/mol. The van der Waals surface area contributed by atoms with E-state index in [1.807, 2.05) is 0 Å². The Morgan fingerprint density at radius 1 is 1.05 bits per heavy atom. The van der Waals surface area contributed by atoms with Crippen LogP contribution in [0.15, 0.2) is 18.5 Å². The number of nitrogens with two attached hydrogens (primary N) is 1. The Kier molecular flexibility index (Phi) is 9.22. The van der Waals surface area contributed by atoms with Crippen molar-refractivity contribution < 1.29 is 4.39 Å². The zero-order valence-corrected chi connectivity index (χ0v) is 12.8. The fraction of sp³-hybridized carbons (Fsp3) is 0.706. The van der Waals surface area contributed by atoms with Crippen molar-refractivity contribution in [1.82, 2.24) is 4.98 Å². The summed E-state index contributed by atoms with van der Waals surface area (Å²) in [6.45, 7) is 2.24. The van der Waals surface area contributed by atoms with E-state index in [1.54, 1.807) is 12.3 Å². The van der Waals surface area contributed by atoms with Crippen LogP contribution in [-0.4, -0.2) is 4.98 Å². The summed E-state index contributed by atoms with van der Waals surface area (Å²) in [4.78, 5) is 3.75. The molecular weight excluding hydrogens is 251 g/mol. The van der Waals surface area contributed by atoms with Crippen LogP contribution in [0.3, 0.4) is 0 Å². The van der Waals surface area contributed by atoms with Gasteiger partial charge in [-0.1, -0.05) is 64.7 Å². The normalized spacial score (nSPS) is 12.6. The molecule has 2 nitrogen and oxygen atoms in total. The minimum Gasteiger partial charge on any atom is -0.324 e. The minimum atomic E-state index is -0.282. The first-order valence-electron chi connectivity index (χ1n) is 8.10. The van der Waals surface area contributed by atoms with E-state index in [0.29, 0.717) is 5.56 Å². The van der Waals surface area contributed by atoms with Crippen molar-refractivity contribution in [3.63, 3.8) is 0 Å². The van der Waals surface area contributed by atoms with Crippen LogP contribution in [0.25, 0.3) is 0 Å². The number of unbranched alkanes of at least 4 members (excludes halogenated alkanes) is 8. The van der Waals surface area contributed by atoms with Gasteiger partial charge in [-0.05, 0) is 12.5 Å². The molecule has 114 valence electrons. The van der Waals surface area contributed by atoms with Crippen molar-refractivity contribution in [1.29, 1.82) is 0 Å². The minimum absolute atomic E-state index is 0.192. The molecule has 2 N–H and O–H groups in total. The fourth-order valence-corrected chi connectivity index (χ4v) is 2.52. The summed E-state index contributed by atoms with van der Waals surface area (Å²) in [5, 5.41) is 0. The largest absolute Gasteiger partial charge is 0.324 e. The highest BCUT2D eigenvalue weighted by molar-refractivity contribution is 5.16. The van der Waals surface area contributed by atoms with Crippen LogP contribution >= 0.6 is 0 Å². The first-order chi connectivity index (χ1) is 9.75. The van der Waals surface area contributed by atoms with E-state index in [4.69, 9.17) is 5.73 Å². The third-order valence-corrected chi connectivity index (χ3v) is 3.82. The lowest BCUT2D eigenvalue weighted by molar-refractivity contribution is 0.514. The van der Waals surface area contributed by atoms with E-state index < -0.39 is 0 Å². The second-order valence-electron chi connectivity index (χ2n) is 5.62. The molecule has 1 unspecified atom stereocenters. The maximum atomic E-state index is 13.5. The number of hydrogen-bond acceptors (Lipinski definition) is 2. The molecule has 0 saturated heterocycles. The zero-order chi connectivity index (χ0) is 14.6. The Morgan fingerprint density at radius 3 is 2.25 bits per heavy atom. The smallest absolute Gasteiger partial charge is 0.146 e. The van der Waals surface area contributed by atoms with Gasteiger partial charge in [0.05, 0.1) is 6.20 Å². The molecule has 1 heterocycles. The Bertz CT molecular complexity index is 355. The molecule has 0 amide bonds.